The second kappa shape index (κ2) is 10.1. The summed E-state index contributed by atoms with van der Waals surface area (Å²) in [6, 6.07) is 4.12. The summed E-state index contributed by atoms with van der Waals surface area (Å²) in [4.78, 5) is 32.3. The van der Waals surface area contributed by atoms with Gasteiger partial charge < -0.3 is 15.0 Å². The van der Waals surface area contributed by atoms with E-state index in [1.807, 2.05) is 0 Å². The Morgan fingerprint density at radius 2 is 2.18 bits per heavy atom. The van der Waals surface area contributed by atoms with Gasteiger partial charge in [0, 0.05) is 25.0 Å². The smallest absolute Gasteiger partial charge is 0.287 e. The Morgan fingerprint density at radius 3 is 2.88 bits per heavy atom. The monoisotopic (exact) mass is 527 g/mol. The number of aromatic nitrogens is 2. The summed E-state index contributed by atoms with van der Waals surface area (Å²) >= 11 is 6.99. The molecule has 1 aromatic carbocycles. The molecule has 1 saturated carbocycles. The lowest BCUT2D eigenvalue weighted by atomic mass is 10.1. The van der Waals surface area contributed by atoms with Crippen LogP contribution >= 0.6 is 22.9 Å². The van der Waals surface area contributed by atoms with Gasteiger partial charge in [-0.3, -0.25) is 9.59 Å². The van der Waals surface area contributed by atoms with Gasteiger partial charge in [0.2, 0.25) is 5.82 Å². The average Bonchev–Trinajstić information content (AvgIpc) is 3.42. The van der Waals surface area contributed by atoms with Crippen LogP contribution in [-0.4, -0.2) is 42.4 Å². The minimum absolute atomic E-state index is 0.0452. The molecule has 0 saturated heterocycles. The average molecular weight is 528 g/mol. The molecule has 2 atom stereocenters. The largest absolute Gasteiger partial charge is 0.376 e. The Bertz CT molecular complexity index is 1390. The van der Waals surface area contributed by atoms with E-state index in [1.165, 1.54) is 35.8 Å². The number of carbonyl (C=O) groups is 1. The van der Waals surface area contributed by atoms with Crippen molar-refractivity contribution in [3.8, 4) is 0 Å². The number of nitrogens with one attached hydrogen (secondary N) is 2. The molecule has 3 aromatic rings. The third-order valence-corrected chi connectivity index (χ3v) is 8.73. The molecule has 2 N–H and O–H groups in total. The number of sulfone groups is 1. The number of ether oxygens (including phenoxy) is 1. The topological polar surface area (TPSA) is 118 Å². The van der Waals surface area contributed by atoms with Gasteiger partial charge in [0.05, 0.1) is 22.3 Å². The number of benzene rings is 1. The van der Waals surface area contributed by atoms with Crippen molar-refractivity contribution in [3.63, 3.8) is 0 Å². The van der Waals surface area contributed by atoms with E-state index in [9.17, 15) is 22.4 Å². The molecule has 34 heavy (non-hydrogen) atoms. The molecule has 1 aliphatic carbocycles. The highest BCUT2D eigenvalue weighted by atomic mass is 35.5. The highest BCUT2D eigenvalue weighted by molar-refractivity contribution is 7.91. The first-order valence-electron chi connectivity index (χ1n) is 10.6. The fraction of sp³-hybridized carbons (Fsp3) is 0.409. The molecule has 2 aromatic heterocycles. The fourth-order valence-electron chi connectivity index (χ4n) is 4.04. The van der Waals surface area contributed by atoms with E-state index >= 15 is 0 Å². The van der Waals surface area contributed by atoms with Crippen LogP contribution in [0.5, 0.6) is 0 Å². The summed E-state index contributed by atoms with van der Waals surface area (Å²) in [7, 11) is -3.03. The van der Waals surface area contributed by atoms with Gasteiger partial charge in [0.25, 0.3) is 11.5 Å². The number of halogens is 2. The van der Waals surface area contributed by atoms with E-state index < -0.39 is 27.1 Å². The third kappa shape index (κ3) is 5.65. The second-order valence-corrected chi connectivity index (χ2v) is 12.0. The normalized spacial score (nSPS) is 18.4. The molecule has 182 valence electrons. The van der Waals surface area contributed by atoms with Crippen LogP contribution in [0, 0.1) is 11.7 Å². The number of hydrogen-bond acceptors (Lipinski definition) is 7. The van der Waals surface area contributed by atoms with Crippen molar-refractivity contribution in [2.45, 2.75) is 37.7 Å². The quantitative estimate of drug-likeness (QED) is 0.463. The molecule has 1 aliphatic rings. The molecule has 12 heteroatoms. The van der Waals surface area contributed by atoms with Crippen molar-refractivity contribution in [2.75, 3.05) is 12.9 Å². The van der Waals surface area contributed by atoms with E-state index in [-0.39, 0.29) is 35.2 Å². The molecule has 1 fully saturated rings. The van der Waals surface area contributed by atoms with Gasteiger partial charge in [-0.15, -0.1) is 11.3 Å². The third-order valence-electron chi connectivity index (χ3n) is 5.88. The molecule has 0 bridgehead atoms. The van der Waals surface area contributed by atoms with E-state index in [0.717, 1.165) is 6.42 Å². The van der Waals surface area contributed by atoms with Crippen molar-refractivity contribution >= 4 is 48.9 Å². The number of nitrogens with zero attached hydrogens (tertiary/aromatic N) is 1. The van der Waals surface area contributed by atoms with Crippen molar-refractivity contribution < 1.29 is 22.3 Å². The molecule has 1 amide bonds. The highest BCUT2D eigenvalue weighted by Gasteiger charge is 2.31. The van der Waals surface area contributed by atoms with Crippen molar-refractivity contribution in [1.29, 1.82) is 0 Å². The maximum absolute atomic E-state index is 13.3. The lowest BCUT2D eigenvalue weighted by Crippen LogP contribution is -2.27. The number of hydrogen-bond donors (Lipinski definition) is 2. The summed E-state index contributed by atoms with van der Waals surface area (Å²) in [5.74, 6) is -1.08. The van der Waals surface area contributed by atoms with E-state index in [1.54, 1.807) is 5.38 Å². The molecule has 0 spiro atoms. The predicted octanol–water partition coefficient (Wildman–Crippen LogP) is 3.44. The number of aromatic amines is 1. The van der Waals surface area contributed by atoms with Gasteiger partial charge in [0.1, 0.15) is 20.5 Å². The van der Waals surface area contributed by atoms with Gasteiger partial charge in [-0.2, -0.15) is 0 Å². The molecule has 2 heterocycles. The fourth-order valence-corrected chi connectivity index (χ4v) is 6.36. The zero-order valence-electron chi connectivity index (χ0n) is 18.3. The van der Waals surface area contributed by atoms with Crippen molar-refractivity contribution in [3.05, 3.63) is 61.7 Å². The maximum Gasteiger partial charge on any atom is 0.287 e. The van der Waals surface area contributed by atoms with Crippen LogP contribution in [0.4, 0.5) is 4.39 Å². The van der Waals surface area contributed by atoms with Crippen LogP contribution in [0.15, 0.2) is 28.4 Å². The lowest BCUT2D eigenvalue weighted by Gasteiger charge is -2.11. The summed E-state index contributed by atoms with van der Waals surface area (Å²) in [6.45, 7) is 0.704. The van der Waals surface area contributed by atoms with Crippen molar-refractivity contribution in [1.82, 2.24) is 15.3 Å². The summed E-state index contributed by atoms with van der Waals surface area (Å²) in [6.07, 6.45) is 3.31. The van der Waals surface area contributed by atoms with Crippen LogP contribution in [0.1, 0.15) is 41.0 Å². The molecule has 8 nitrogen and oxygen atoms in total. The molecular weight excluding hydrogens is 505 g/mol. The SMILES string of the molecule is CS(=O)(=O)C1CCC(COCc2csc3nc(C(=O)NCc4ccc(F)c(Cl)c4)[nH]c(=O)c23)C1. The zero-order chi connectivity index (χ0) is 24.5. The van der Waals surface area contributed by atoms with Crippen LogP contribution in [0.3, 0.4) is 0 Å². The Hall–Kier alpha value is -2.34. The van der Waals surface area contributed by atoms with Crippen molar-refractivity contribution in [2.24, 2.45) is 5.92 Å². The summed E-state index contributed by atoms with van der Waals surface area (Å²) in [5.41, 5.74) is 0.820. The maximum atomic E-state index is 13.3. The van der Waals surface area contributed by atoms with Crippen LogP contribution < -0.4 is 10.9 Å². The van der Waals surface area contributed by atoms with E-state index in [2.05, 4.69) is 15.3 Å². The Morgan fingerprint density at radius 1 is 1.38 bits per heavy atom. The number of carbonyl (C=O) groups excluding carboxylic acids is 1. The first-order valence-corrected chi connectivity index (χ1v) is 13.8. The molecule has 0 aliphatic heterocycles. The van der Waals surface area contributed by atoms with E-state index in [0.29, 0.717) is 40.8 Å². The Balaban J connectivity index is 1.37. The van der Waals surface area contributed by atoms with Gasteiger partial charge >= 0.3 is 0 Å². The number of amides is 1. The second-order valence-electron chi connectivity index (χ2n) is 8.43. The van der Waals surface area contributed by atoms with Gasteiger partial charge in [-0.05, 0) is 48.3 Å². The lowest BCUT2D eigenvalue weighted by molar-refractivity contribution is 0.0898. The standard InChI is InChI=1S/C22H23ClFN3O5S2/c1-34(30,31)15-4-2-13(6-15)9-32-10-14-11-33-22-18(14)20(28)26-19(27-22)21(29)25-8-12-3-5-17(24)16(23)7-12/h3,5,7,11,13,15H,2,4,6,8-10H2,1H3,(H,25,29)(H,26,27,28). The first kappa shape index (κ1) is 24.8. The molecular formula is C22H23ClFN3O5S2. The Kier molecular flexibility index (Phi) is 7.36. The molecule has 0 radical (unpaired) electrons. The first-order chi connectivity index (χ1) is 16.1. The van der Waals surface area contributed by atoms with Crippen LogP contribution in [-0.2, 0) is 27.7 Å². The number of fused-ring (bicyclic) bond motifs is 1. The van der Waals surface area contributed by atoms with Crippen LogP contribution in [0.2, 0.25) is 5.02 Å². The van der Waals surface area contributed by atoms with Gasteiger partial charge in [0.15, 0.2) is 0 Å². The predicted molar refractivity (Wildman–Crippen MR) is 128 cm³/mol. The summed E-state index contributed by atoms with van der Waals surface area (Å²) in [5, 5.41) is 4.41. The highest BCUT2D eigenvalue weighted by Crippen LogP contribution is 2.31. The number of thiophene rings is 1. The molecule has 2 unspecified atom stereocenters. The Labute approximate surface area is 204 Å². The zero-order valence-corrected chi connectivity index (χ0v) is 20.7. The summed E-state index contributed by atoms with van der Waals surface area (Å²) < 4.78 is 42.5. The number of H-pyrrole nitrogens is 1. The minimum Gasteiger partial charge on any atom is -0.376 e. The molecule has 4 rings (SSSR count). The van der Waals surface area contributed by atoms with Gasteiger partial charge in [-0.25, -0.2) is 17.8 Å². The number of rotatable bonds is 8. The van der Waals surface area contributed by atoms with Gasteiger partial charge in [-0.1, -0.05) is 17.7 Å². The van der Waals surface area contributed by atoms with Crippen LogP contribution in [0.25, 0.3) is 10.2 Å². The van der Waals surface area contributed by atoms with E-state index in [4.69, 9.17) is 16.3 Å². The minimum atomic E-state index is -3.03.